The van der Waals surface area contributed by atoms with Crippen molar-refractivity contribution < 1.29 is 28.2 Å². The minimum atomic E-state index is -3.53. The number of aliphatic hydroxyl groups excluding tert-OH is 2. The highest BCUT2D eigenvalue weighted by Gasteiger charge is 2.30. The summed E-state index contributed by atoms with van der Waals surface area (Å²) in [4.78, 5) is 28.8. The standard InChI is InChI=1S/C21H30N4O6S2/c1-13(2)9-15(23-20(29)16-12-32-21(24-16)25-33(3,30)31)19(28)17(26)10-18(27)22-11-14-7-5-4-6-8-14/h4-8,12-13,15,17,19,26,28H,9-11H2,1-3H3,(H,22,27)(H,23,29)(H,24,25)/t15-,17+,19+/m0/s1. The predicted molar refractivity (Wildman–Crippen MR) is 126 cm³/mol. The fraction of sp³-hybridized carbons (Fsp3) is 0.476. The van der Waals surface area contributed by atoms with Crippen molar-refractivity contribution in [1.82, 2.24) is 15.6 Å². The van der Waals surface area contributed by atoms with E-state index in [0.29, 0.717) is 13.0 Å². The van der Waals surface area contributed by atoms with Crippen LogP contribution >= 0.6 is 11.3 Å². The molecule has 0 aliphatic carbocycles. The summed E-state index contributed by atoms with van der Waals surface area (Å²) in [6.07, 6.45) is -1.82. The number of anilines is 1. The maximum absolute atomic E-state index is 12.6. The molecule has 182 valence electrons. The van der Waals surface area contributed by atoms with E-state index in [9.17, 15) is 28.2 Å². The molecule has 1 aromatic heterocycles. The molecule has 0 aliphatic rings. The topological polar surface area (TPSA) is 158 Å². The van der Waals surface area contributed by atoms with Crippen molar-refractivity contribution in [1.29, 1.82) is 0 Å². The fourth-order valence-corrected chi connectivity index (χ4v) is 4.61. The lowest BCUT2D eigenvalue weighted by Crippen LogP contribution is -2.50. The van der Waals surface area contributed by atoms with Crippen LogP contribution in [-0.4, -0.2) is 59.9 Å². The lowest BCUT2D eigenvalue weighted by atomic mass is 9.94. The molecule has 0 spiro atoms. The van der Waals surface area contributed by atoms with Gasteiger partial charge >= 0.3 is 0 Å². The van der Waals surface area contributed by atoms with Crippen LogP contribution in [0.2, 0.25) is 0 Å². The number of nitrogens with one attached hydrogen (secondary N) is 3. The van der Waals surface area contributed by atoms with Crippen molar-refractivity contribution in [2.45, 2.75) is 51.5 Å². The Morgan fingerprint density at radius 3 is 2.42 bits per heavy atom. The lowest BCUT2D eigenvalue weighted by molar-refractivity contribution is -0.125. The Labute approximate surface area is 197 Å². The monoisotopic (exact) mass is 498 g/mol. The largest absolute Gasteiger partial charge is 0.390 e. The quantitative estimate of drug-likeness (QED) is 0.293. The number of amides is 2. The Hall–Kier alpha value is -2.54. The SMILES string of the molecule is CC(C)C[C@H](NC(=O)c1csc(NS(C)(=O)=O)n1)[C@@H](O)[C@H](O)CC(=O)NCc1ccccc1. The molecule has 2 amide bonds. The molecule has 0 saturated carbocycles. The number of rotatable bonds is 12. The van der Waals surface area contributed by atoms with E-state index in [1.165, 1.54) is 5.38 Å². The van der Waals surface area contributed by atoms with Gasteiger partial charge in [0.2, 0.25) is 15.9 Å². The highest BCUT2D eigenvalue weighted by Crippen LogP contribution is 2.18. The van der Waals surface area contributed by atoms with Crippen LogP contribution in [-0.2, 0) is 21.4 Å². The lowest BCUT2D eigenvalue weighted by Gasteiger charge is -2.28. The summed E-state index contributed by atoms with van der Waals surface area (Å²) in [5, 5.41) is 27.8. The number of carbonyl (C=O) groups is 2. The Kier molecular flexibility index (Phi) is 9.77. The molecule has 5 N–H and O–H groups in total. The highest BCUT2D eigenvalue weighted by molar-refractivity contribution is 7.92. The molecule has 2 aromatic rings. The average molecular weight is 499 g/mol. The van der Waals surface area contributed by atoms with Gasteiger partial charge in [0.1, 0.15) is 11.8 Å². The molecule has 0 aliphatic heterocycles. The number of hydrogen-bond donors (Lipinski definition) is 5. The molecule has 33 heavy (non-hydrogen) atoms. The Morgan fingerprint density at radius 1 is 1.15 bits per heavy atom. The maximum Gasteiger partial charge on any atom is 0.271 e. The van der Waals surface area contributed by atoms with Crippen molar-refractivity contribution in [2.24, 2.45) is 5.92 Å². The smallest absolute Gasteiger partial charge is 0.271 e. The molecular weight excluding hydrogens is 468 g/mol. The Bertz CT molecular complexity index is 1030. The van der Waals surface area contributed by atoms with Crippen LogP contribution in [0.25, 0.3) is 0 Å². The summed E-state index contributed by atoms with van der Waals surface area (Å²) in [5.41, 5.74) is 0.876. The second kappa shape index (κ2) is 12.1. The summed E-state index contributed by atoms with van der Waals surface area (Å²) >= 11 is 0.945. The first-order chi connectivity index (χ1) is 15.4. The first-order valence-electron chi connectivity index (χ1n) is 10.4. The molecule has 0 radical (unpaired) electrons. The second-order valence-electron chi connectivity index (χ2n) is 8.15. The zero-order chi connectivity index (χ0) is 24.6. The molecule has 0 fully saturated rings. The van der Waals surface area contributed by atoms with Crippen LogP contribution in [0.3, 0.4) is 0 Å². The molecule has 12 heteroatoms. The third kappa shape index (κ3) is 9.46. The van der Waals surface area contributed by atoms with E-state index in [-0.39, 0.29) is 23.2 Å². The van der Waals surface area contributed by atoms with Crippen molar-refractivity contribution in [3.8, 4) is 0 Å². The Balaban J connectivity index is 1.97. The number of nitrogens with zero attached hydrogens (tertiary/aromatic N) is 1. The van der Waals surface area contributed by atoms with Gasteiger partial charge in [0.15, 0.2) is 5.13 Å². The average Bonchev–Trinajstić information content (AvgIpc) is 3.18. The first kappa shape index (κ1) is 26.7. The van der Waals surface area contributed by atoms with Gasteiger partial charge in [-0.3, -0.25) is 14.3 Å². The molecule has 1 heterocycles. The van der Waals surface area contributed by atoms with Crippen LogP contribution in [0.1, 0.15) is 42.7 Å². The minimum absolute atomic E-state index is 0.0257. The summed E-state index contributed by atoms with van der Waals surface area (Å²) in [5.74, 6) is -0.990. The van der Waals surface area contributed by atoms with E-state index in [4.69, 9.17) is 0 Å². The summed E-state index contributed by atoms with van der Waals surface area (Å²) in [6.45, 7) is 4.08. The van der Waals surface area contributed by atoms with Crippen molar-refractivity contribution >= 4 is 38.3 Å². The van der Waals surface area contributed by atoms with Gasteiger partial charge in [-0.2, -0.15) is 0 Å². The van der Waals surface area contributed by atoms with Gasteiger partial charge in [-0.1, -0.05) is 44.2 Å². The van der Waals surface area contributed by atoms with Gasteiger partial charge in [0.25, 0.3) is 5.91 Å². The number of benzene rings is 1. The number of hydrogen-bond acceptors (Lipinski definition) is 8. The van der Waals surface area contributed by atoms with Crippen LogP contribution < -0.4 is 15.4 Å². The number of carbonyl (C=O) groups excluding carboxylic acids is 2. The van der Waals surface area contributed by atoms with E-state index < -0.39 is 40.1 Å². The minimum Gasteiger partial charge on any atom is -0.390 e. The normalized spacial score (nSPS) is 14.4. The van der Waals surface area contributed by atoms with Crippen LogP contribution in [0.15, 0.2) is 35.7 Å². The van der Waals surface area contributed by atoms with Gasteiger partial charge in [-0.05, 0) is 17.9 Å². The van der Waals surface area contributed by atoms with Gasteiger partial charge in [-0.15, -0.1) is 11.3 Å². The van der Waals surface area contributed by atoms with Gasteiger partial charge in [-0.25, -0.2) is 13.4 Å². The second-order valence-corrected chi connectivity index (χ2v) is 10.8. The molecule has 3 atom stereocenters. The summed E-state index contributed by atoms with van der Waals surface area (Å²) in [7, 11) is -3.53. The van der Waals surface area contributed by atoms with Crippen molar-refractivity contribution in [3.63, 3.8) is 0 Å². The van der Waals surface area contributed by atoms with E-state index >= 15 is 0 Å². The third-order valence-corrected chi connectivity index (χ3v) is 6.04. The molecular formula is C21H30N4O6S2. The molecule has 1 aromatic carbocycles. The van der Waals surface area contributed by atoms with E-state index in [1.807, 2.05) is 44.2 Å². The van der Waals surface area contributed by atoms with Crippen LogP contribution in [0.5, 0.6) is 0 Å². The van der Waals surface area contributed by atoms with E-state index in [0.717, 1.165) is 23.2 Å². The summed E-state index contributed by atoms with van der Waals surface area (Å²) in [6, 6.07) is 8.43. The molecule has 10 nitrogen and oxygen atoms in total. The molecule has 0 unspecified atom stereocenters. The van der Waals surface area contributed by atoms with Gasteiger partial charge in [0, 0.05) is 11.9 Å². The zero-order valence-corrected chi connectivity index (χ0v) is 20.3. The summed E-state index contributed by atoms with van der Waals surface area (Å²) < 4.78 is 24.8. The number of sulfonamides is 1. The first-order valence-corrected chi connectivity index (χ1v) is 13.1. The zero-order valence-electron chi connectivity index (χ0n) is 18.7. The molecule has 0 bridgehead atoms. The number of aromatic nitrogens is 1. The van der Waals surface area contributed by atoms with Crippen molar-refractivity contribution in [3.05, 3.63) is 47.0 Å². The predicted octanol–water partition coefficient (Wildman–Crippen LogP) is 1.09. The third-order valence-electron chi connectivity index (χ3n) is 4.58. The number of aliphatic hydroxyl groups is 2. The Morgan fingerprint density at radius 2 is 1.82 bits per heavy atom. The highest BCUT2D eigenvalue weighted by atomic mass is 32.2. The van der Waals surface area contributed by atoms with E-state index in [2.05, 4.69) is 20.3 Å². The molecule has 2 rings (SSSR count). The maximum atomic E-state index is 12.6. The van der Waals surface area contributed by atoms with Gasteiger partial charge in [0.05, 0.1) is 24.8 Å². The van der Waals surface area contributed by atoms with E-state index in [1.54, 1.807) is 0 Å². The van der Waals surface area contributed by atoms with Crippen LogP contribution in [0, 0.1) is 5.92 Å². The van der Waals surface area contributed by atoms with Crippen LogP contribution in [0.4, 0.5) is 5.13 Å². The molecule has 0 saturated heterocycles. The van der Waals surface area contributed by atoms with Gasteiger partial charge < -0.3 is 20.8 Å². The van der Waals surface area contributed by atoms with Crippen molar-refractivity contribution in [2.75, 3.05) is 11.0 Å². The number of thiazole rings is 1. The fourth-order valence-electron chi connectivity index (χ4n) is 3.06.